The average molecular weight is 257 g/mol. The minimum absolute atomic E-state index is 0.153. The number of para-hydroxylation sites is 1. The first-order valence-corrected chi connectivity index (χ1v) is 5.25. The molecule has 14 heavy (non-hydrogen) atoms. The summed E-state index contributed by atoms with van der Waals surface area (Å²) in [5.74, 6) is -0.153. The molecule has 0 radical (unpaired) electrons. The normalized spacial score (nSPS) is 12.2. The zero-order valence-corrected chi connectivity index (χ0v) is 9.54. The molecule has 0 saturated heterocycles. The van der Waals surface area contributed by atoms with Crippen molar-refractivity contribution in [1.82, 2.24) is 0 Å². The Balaban J connectivity index is 2.70. The molecule has 0 aliphatic carbocycles. The van der Waals surface area contributed by atoms with Gasteiger partial charge >= 0.3 is 0 Å². The van der Waals surface area contributed by atoms with Crippen LogP contribution in [0.15, 0.2) is 28.7 Å². The molecule has 0 bridgehead atoms. The van der Waals surface area contributed by atoms with Crippen LogP contribution in [0, 0.1) is 0 Å². The number of rotatable bonds is 3. The highest BCUT2D eigenvalue weighted by molar-refractivity contribution is 9.10. The van der Waals surface area contributed by atoms with Crippen LogP contribution in [0.1, 0.15) is 13.3 Å². The second-order valence-corrected chi connectivity index (χ2v) is 3.84. The Labute approximate surface area is 91.8 Å². The van der Waals surface area contributed by atoms with E-state index in [1.54, 1.807) is 0 Å². The summed E-state index contributed by atoms with van der Waals surface area (Å²) in [6.45, 7) is 1.88. The van der Waals surface area contributed by atoms with Gasteiger partial charge in [-0.3, -0.25) is 4.79 Å². The Hall–Kier alpha value is -0.870. The topological polar surface area (TPSA) is 55.1 Å². The number of carbonyl (C=O) groups is 1. The molecule has 76 valence electrons. The third kappa shape index (κ3) is 2.82. The van der Waals surface area contributed by atoms with E-state index < -0.39 is 6.04 Å². The van der Waals surface area contributed by atoms with Gasteiger partial charge in [0.25, 0.3) is 0 Å². The fourth-order valence-corrected chi connectivity index (χ4v) is 1.36. The van der Waals surface area contributed by atoms with Gasteiger partial charge in [0.15, 0.2) is 0 Å². The lowest BCUT2D eigenvalue weighted by molar-refractivity contribution is -0.117. The van der Waals surface area contributed by atoms with Gasteiger partial charge in [-0.15, -0.1) is 0 Å². The molecule has 1 amide bonds. The van der Waals surface area contributed by atoms with Crippen LogP contribution < -0.4 is 11.1 Å². The molecule has 0 aliphatic rings. The van der Waals surface area contributed by atoms with Crippen molar-refractivity contribution in [3.63, 3.8) is 0 Å². The summed E-state index contributed by atoms with van der Waals surface area (Å²) in [5, 5.41) is 2.75. The number of hydrogen-bond donors (Lipinski definition) is 2. The summed E-state index contributed by atoms with van der Waals surface area (Å²) in [4.78, 5) is 11.4. The van der Waals surface area contributed by atoms with Crippen molar-refractivity contribution < 1.29 is 4.79 Å². The fraction of sp³-hybridized carbons (Fsp3) is 0.300. The molecule has 1 aromatic rings. The molecular formula is C10H13BrN2O. The highest BCUT2D eigenvalue weighted by Crippen LogP contribution is 2.21. The van der Waals surface area contributed by atoms with Crippen LogP contribution in [-0.2, 0) is 4.79 Å². The van der Waals surface area contributed by atoms with Crippen LogP contribution >= 0.6 is 15.9 Å². The zero-order chi connectivity index (χ0) is 10.6. The first-order valence-electron chi connectivity index (χ1n) is 4.46. The average Bonchev–Trinajstić information content (AvgIpc) is 2.20. The first-order chi connectivity index (χ1) is 6.65. The Morgan fingerprint density at radius 1 is 1.57 bits per heavy atom. The van der Waals surface area contributed by atoms with E-state index in [0.717, 1.165) is 10.2 Å². The lowest BCUT2D eigenvalue weighted by Crippen LogP contribution is -2.34. The lowest BCUT2D eigenvalue weighted by atomic mass is 10.2. The Morgan fingerprint density at radius 2 is 2.21 bits per heavy atom. The van der Waals surface area contributed by atoms with Gasteiger partial charge in [0.2, 0.25) is 5.91 Å². The Kier molecular flexibility index (Phi) is 4.10. The van der Waals surface area contributed by atoms with Crippen molar-refractivity contribution in [1.29, 1.82) is 0 Å². The van der Waals surface area contributed by atoms with E-state index in [-0.39, 0.29) is 5.91 Å². The van der Waals surface area contributed by atoms with E-state index in [0.29, 0.717) is 6.42 Å². The molecule has 0 unspecified atom stereocenters. The van der Waals surface area contributed by atoms with Crippen LogP contribution in [0.4, 0.5) is 5.69 Å². The zero-order valence-electron chi connectivity index (χ0n) is 7.96. The van der Waals surface area contributed by atoms with Crippen molar-refractivity contribution in [2.45, 2.75) is 19.4 Å². The van der Waals surface area contributed by atoms with Crippen molar-refractivity contribution in [2.24, 2.45) is 5.73 Å². The summed E-state index contributed by atoms with van der Waals surface area (Å²) >= 11 is 3.34. The van der Waals surface area contributed by atoms with Gasteiger partial charge in [0.1, 0.15) is 0 Å². The predicted molar refractivity (Wildman–Crippen MR) is 61.0 cm³/mol. The molecular weight excluding hydrogens is 244 g/mol. The van der Waals surface area contributed by atoms with E-state index >= 15 is 0 Å². The summed E-state index contributed by atoms with van der Waals surface area (Å²) in [6, 6.07) is 7.00. The van der Waals surface area contributed by atoms with Gasteiger partial charge in [0.05, 0.1) is 11.7 Å². The fourth-order valence-electron chi connectivity index (χ4n) is 0.973. The number of nitrogens with one attached hydrogen (secondary N) is 1. The summed E-state index contributed by atoms with van der Waals surface area (Å²) < 4.78 is 0.858. The lowest BCUT2D eigenvalue weighted by Gasteiger charge is -2.10. The van der Waals surface area contributed by atoms with Gasteiger partial charge < -0.3 is 11.1 Å². The molecule has 0 fully saturated rings. The van der Waals surface area contributed by atoms with E-state index in [9.17, 15) is 4.79 Å². The number of amides is 1. The number of benzene rings is 1. The van der Waals surface area contributed by atoms with Crippen LogP contribution in [0.5, 0.6) is 0 Å². The van der Waals surface area contributed by atoms with Crippen LogP contribution in [0.25, 0.3) is 0 Å². The second kappa shape index (κ2) is 5.12. The number of nitrogens with two attached hydrogens (primary N) is 1. The standard InChI is InChI=1S/C10H13BrN2O/c1-2-8(12)10(14)13-9-6-4-3-5-7(9)11/h3-6,8H,2,12H2,1H3,(H,13,14)/t8-/m1/s1. The minimum Gasteiger partial charge on any atom is -0.324 e. The molecule has 1 aromatic carbocycles. The quantitative estimate of drug-likeness (QED) is 0.871. The van der Waals surface area contributed by atoms with E-state index in [1.807, 2.05) is 31.2 Å². The third-order valence-corrected chi connectivity index (χ3v) is 2.60. The van der Waals surface area contributed by atoms with Gasteiger partial charge in [-0.1, -0.05) is 19.1 Å². The molecule has 1 rings (SSSR count). The maximum Gasteiger partial charge on any atom is 0.241 e. The van der Waals surface area contributed by atoms with Crippen molar-refractivity contribution in [3.05, 3.63) is 28.7 Å². The summed E-state index contributed by atoms with van der Waals surface area (Å²) in [7, 11) is 0. The maximum absolute atomic E-state index is 11.4. The molecule has 1 atom stereocenters. The van der Waals surface area contributed by atoms with Gasteiger partial charge in [-0.2, -0.15) is 0 Å². The molecule has 0 aromatic heterocycles. The molecule has 4 heteroatoms. The largest absolute Gasteiger partial charge is 0.324 e. The third-order valence-electron chi connectivity index (χ3n) is 1.91. The monoisotopic (exact) mass is 256 g/mol. The van der Waals surface area contributed by atoms with E-state index in [4.69, 9.17) is 5.73 Å². The smallest absolute Gasteiger partial charge is 0.241 e. The number of anilines is 1. The Bertz CT molecular complexity index is 328. The first kappa shape index (κ1) is 11.2. The molecule has 0 saturated carbocycles. The van der Waals surface area contributed by atoms with Gasteiger partial charge in [-0.05, 0) is 34.5 Å². The predicted octanol–water partition coefficient (Wildman–Crippen LogP) is 2.12. The number of carbonyl (C=O) groups excluding carboxylic acids is 1. The van der Waals surface area contributed by atoms with Crippen molar-refractivity contribution in [3.8, 4) is 0 Å². The second-order valence-electron chi connectivity index (χ2n) is 2.98. The van der Waals surface area contributed by atoms with E-state index in [1.165, 1.54) is 0 Å². The Morgan fingerprint density at radius 3 is 2.79 bits per heavy atom. The number of hydrogen-bond acceptors (Lipinski definition) is 2. The van der Waals surface area contributed by atoms with Crippen molar-refractivity contribution >= 4 is 27.5 Å². The highest BCUT2D eigenvalue weighted by Gasteiger charge is 2.11. The molecule has 0 spiro atoms. The van der Waals surface area contributed by atoms with Crippen LogP contribution in [0.3, 0.4) is 0 Å². The molecule has 0 aliphatic heterocycles. The van der Waals surface area contributed by atoms with Crippen molar-refractivity contribution in [2.75, 3.05) is 5.32 Å². The van der Waals surface area contributed by atoms with E-state index in [2.05, 4.69) is 21.2 Å². The number of halogens is 1. The summed E-state index contributed by atoms with van der Waals surface area (Å²) in [5.41, 5.74) is 6.34. The van der Waals surface area contributed by atoms with Gasteiger partial charge in [0, 0.05) is 4.47 Å². The summed E-state index contributed by atoms with van der Waals surface area (Å²) in [6.07, 6.45) is 0.635. The van der Waals surface area contributed by atoms with Gasteiger partial charge in [-0.25, -0.2) is 0 Å². The molecule has 3 nitrogen and oxygen atoms in total. The molecule has 0 heterocycles. The van der Waals surface area contributed by atoms with Crippen LogP contribution in [0.2, 0.25) is 0 Å². The molecule has 3 N–H and O–H groups in total. The highest BCUT2D eigenvalue weighted by atomic mass is 79.9. The minimum atomic E-state index is -0.442. The SMILES string of the molecule is CC[C@@H](N)C(=O)Nc1ccccc1Br. The van der Waals surface area contributed by atoms with Crippen LogP contribution in [-0.4, -0.2) is 11.9 Å². The maximum atomic E-state index is 11.4.